The van der Waals surface area contributed by atoms with E-state index >= 15 is 0 Å². The van der Waals surface area contributed by atoms with Gasteiger partial charge in [-0.15, -0.1) is 11.3 Å². The van der Waals surface area contributed by atoms with E-state index in [0.29, 0.717) is 17.5 Å². The Kier molecular flexibility index (Phi) is 7.47. The maximum Gasteiger partial charge on any atom is 0.164 e. The first-order valence-corrected chi connectivity index (χ1v) is 21.5. The van der Waals surface area contributed by atoms with Crippen molar-refractivity contribution in [1.82, 2.24) is 15.0 Å². The van der Waals surface area contributed by atoms with Gasteiger partial charge in [0.1, 0.15) is 0 Å². The van der Waals surface area contributed by atoms with Gasteiger partial charge in [0.05, 0.1) is 0 Å². The molecule has 0 fully saturated rings. The van der Waals surface area contributed by atoms with Crippen LogP contribution >= 0.6 is 11.3 Å². The summed E-state index contributed by atoms with van der Waals surface area (Å²) < 4.78 is 1.26. The zero-order valence-electron chi connectivity index (χ0n) is 32.8. The van der Waals surface area contributed by atoms with E-state index in [4.69, 9.17) is 15.0 Å². The molecule has 0 aliphatic rings. The number of hydrogen-bond donors (Lipinski definition) is 0. The number of fused-ring (bicyclic) bond motifs is 3. The number of aromatic nitrogens is 3. The van der Waals surface area contributed by atoms with Gasteiger partial charge in [-0.1, -0.05) is 176 Å². The zero-order chi connectivity index (χ0) is 40.0. The predicted molar refractivity (Wildman–Crippen MR) is 259 cm³/mol. The van der Waals surface area contributed by atoms with Crippen LogP contribution in [0.2, 0.25) is 0 Å². The molecule has 13 aromatic rings. The van der Waals surface area contributed by atoms with E-state index in [-0.39, 0.29) is 0 Å². The van der Waals surface area contributed by atoms with Crippen molar-refractivity contribution >= 4 is 86.1 Å². The summed E-state index contributed by atoms with van der Waals surface area (Å²) in [6, 6.07) is 72.4. The van der Waals surface area contributed by atoms with Gasteiger partial charge in [-0.2, -0.15) is 0 Å². The SMILES string of the molecule is c1ccc(-c2nc(-c3ccc(-c4cc5ccc6cccc7c8cccc9ccc%10cccc(c(c4)c5c67)c%10c98)cc3)nc(-c3ccccc3-c3cc4ccccc4s3)n2)cc1. The van der Waals surface area contributed by atoms with Crippen LogP contribution in [0.3, 0.4) is 0 Å². The van der Waals surface area contributed by atoms with Crippen LogP contribution in [-0.4, -0.2) is 15.0 Å². The number of rotatable bonds is 5. The monoisotopic (exact) mass is 791 g/mol. The summed E-state index contributed by atoms with van der Waals surface area (Å²) in [4.78, 5) is 16.6. The highest BCUT2D eigenvalue weighted by molar-refractivity contribution is 7.22. The summed E-state index contributed by atoms with van der Waals surface area (Å²) in [6.07, 6.45) is 0. The van der Waals surface area contributed by atoms with Crippen LogP contribution in [0, 0.1) is 0 Å². The first-order valence-electron chi connectivity index (χ1n) is 20.7. The molecule has 0 saturated heterocycles. The van der Waals surface area contributed by atoms with E-state index in [0.717, 1.165) is 27.8 Å². The number of thiophene rings is 1. The highest BCUT2D eigenvalue weighted by atomic mass is 32.1. The Bertz CT molecular complexity index is 3830. The molecule has 282 valence electrons. The van der Waals surface area contributed by atoms with Crippen LogP contribution < -0.4 is 0 Å². The summed E-state index contributed by atoms with van der Waals surface area (Å²) >= 11 is 1.79. The predicted octanol–water partition coefficient (Wildman–Crippen LogP) is 15.8. The second-order valence-corrected chi connectivity index (χ2v) is 17.0. The van der Waals surface area contributed by atoms with Gasteiger partial charge in [0, 0.05) is 31.8 Å². The van der Waals surface area contributed by atoms with Crippen LogP contribution in [0.5, 0.6) is 0 Å². The minimum absolute atomic E-state index is 0.639. The van der Waals surface area contributed by atoms with Crippen LogP contribution in [-0.2, 0) is 0 Å². The quantitative estimate of drug-likeness (QED) is 0.163. The first-order chi connectivity index (χ1) is 30.2. The van der Waals surface area contributed by atoms with Gasteiger partial charge in [0.2, 0.25) is 0 Å². The highest BCUT2D eigenvalue weighted by Gasteiger charge is 2.19. The number of hydrogen-bond acceptors (Lipinski definition) is 4. The van der Waals surface area contributed by atoms with Crippen LogP contribution in [0.4, 0.5) is 0 Å². The molecule has 2 aromatic heterocycles. The van der Waals surface area contributed by atoms with Gasteiger partial charge < -0.3 is 0 Å². The second-order valence-electron chi connectivity index (χ2n) is 15.9. The van der Waals surface area contributed by atoms with Crippen molar-refractivity contribution < 1.29 is 0 Å². The van der Waals surface area contributed by atoms with Gasteiger partial charge in [-0.05, 0) is 105 Å². The third kappa shape index (κ3) is 5.39. The molecule has 0 saturated carbocycles. The molecule has 3 nitrogen and oxygen atoms in total. The molecule has 0 spiro atoms. The van der Waals surface area contributed by atoms with Crippen molar-refractivity contribution in [2.45, 2.75) is 0 Å². The summed E-state index contributed by atoms with van der Waals surface area (Å²) in [5, 5.41) is 16.6. The molecule has 11 aromatic carbocycles. The minimum Gasteiger partial charge on any atom is -0.208 e. The molecule has 0 aliphatic carbocycles. The fourth-order valence-electron chi connectivity index (χ4n) is 9.61. The van der Waals surface area contributed by atoms with Crippen LogP contribution in [0.15, 0.2) is 200 Å². The molecular weight excluding hydrogens is 759 g/mol. The van der Waals surface area contributed by atoms with E-state index in [1.165, 1.54) is 85.2 Å². The van der Waals surface area contributed by atoms with Crippen molar-refractivity contribution in [3.05, 3.63) is 200 Å². The van der Waals surface area contributed by atoms with E-state index in [1.54, 1.807) is 11.3 Å². The van der Waals surface area contributed by atoms with E-state index < -0.39 is 0 Å². The van der Waals surface area contributed by atoms with Crippen molar-refractivity contribution in [1.29, 1.82) is 0 Å². The van der Waals surface area contributed by atoms with Crippen molar-refractivity contribution in [3.8, 4) is 55.7 Å². The summed E-state index contributed by atoms with van der Waals surface area (Å²) in [5.74, 6) is 1.94. The van der Waals surface area contributed by atoms with E-state index in [9.17, 15) is 0 Å². The molecule has 61 heavy (non-hydrogen) atoms. The third-order valence-corrected chi connectivity index (χ3v) is 13.6. The molecule has 0 aliphatic heterocycles. The fraction of sp³-hybridized carbons (Fsp3) is 0. The summed E-state index contributed by atoms with van der Waals surface area (Å²) in [5.41, 5.74) is 6.27. The molecule has 0 bridgehead atoms. The van der Waals surface area contributed by atoms with Crippen LogP contribution in [0.25, 0.3) is 130 Å². The topological polar surface area (TPSA) is 38.7 Å². The lowest BCUT2D eigenvalue weighted by Gasteiger charge is -2.17. The van der Waals surface area contributed by atoms with E-state index in [2.05, 4.69) is 182 Å². The zero-order valence-corrected chi connectivity index (χ0v) is 33.6. The normalized spacial score (nSPS) is 11.9. The Morgan fingerprint density at radius 3 is 1.43 bits per heavy atom. The molecule has 0 radical (unpaired) electrons. The Morgan fingerprint density at radius 2 is 0.770 bits per heavy atom. The van der Waals surface area contributed by atoms with Crippen LogP contribution in [0.1, 0.15) is 0 Å². The average molecular weight is 792 g/mol. The van der Waals surface area contributed by atoms with E-state index in [1.807, 2.05) is 18.2 Å². The second kappa shape index (κ2) is 13.4. The molecule has 13 rings (SSSR count). The Hall–Kier alpha value is -7.79. The van der Waals surface area contributed by atoms with Gasteiger partial charge in [0.15, 0.2) is 17.5 Å². The molecule has 0 N–H and O–H groups in total. The first kappa shape index (κ1) is 34.1. The summed E-state index contributed by atoms with van der Waals surface area (Å²) in [7, 11) is 0. The van der Waals surface area contributed by atoms with Gasteiger partial charge >= 0.3 is 0 Å². The Morgan fingerprint density at radius 1 is 0.279 bits per heavy atom. The number of nitrogens with zero attached hydrogens (tertiary/aromatic N) is 3. The smallest absolute Gasteiger partial charge is 0.164 e. The minimum atomic E-state index is 0.639. The van der Waals surface area contributed by atoms with Gasteiger partial charge in [-0.25, -0.2) is 15.0 Å². The van der Waals surface area contributed by atoms with Gasteiger partial charge in [0.25, 0.3) is 0 Å². The average Bonchev–Trinajstić information content (AvgIpc) is 3.77. The van der Waals surface area contributed by atoms with Crippen molar-refractivity contribution in [2.75, 3.05) is 0 Å². The molecule has 0 amide bonds. The Labute approximate surface area is 355 Å². The maximum absolute atomic E-state index is 5.21. The lowest BCUT2D eigenvalue weighted by Crippen LogP contribution is -2.01. The molecular formula is C57H33N3S. The number of benzene rings is 10. The summed E-state index contributed by atoms with van der Waals surface area (Å²) in [6.45, 7) is 0. The Balaban J connectivity index is 0.995. The molecule has 4 heteroatoms. The lowest BCUT2D eigenvalue weighted by molar-refractivity contribution is 1.07. The fourth-order valence-corrected chi connectivity index (χ4v) is 10.7. The largest absolute Gasteiger partial charge is 0.208 e. The standard InChI is InChI=1S/C57H33N3S/c1-2-11-38(12-3-1)55-58-56(60-57(59-55)47-18-6-5-17-43(47)50-33-40-13-4-7-22-49(40)61-50)39-28-23-34(24-29-39)42-31-41-30-27-37-15-9-20-45-44-19-8-14-35-25-26-36-16-10-21-46(53(36)51(35)44)48(32-42)54(41)52(37)45/h1-33H. The molecule has 0 atom stereocenters. The van der Waals surface area contributed by atoms with Crippen molar-refractivity contribution in [2.24, 2.45) is 0 Å². The third-order valence-electron chi connectivity index (χ3n) is 12.4. The highest BCUT2D eigenvalue weighted by Crippen LogP contribution is 2.45. The molecule has 2 heterocycles. The van der Waals surface area contributed by atoms with Crippen molar-refractivity contribution in [3.63, 3.8) is 0 Å². The maximum atomic E-state index is 5.21. The lowest BCUT2D eigenvalue weighted by atomic mass is 9.86. The van der Waals surface area contributed by atoms with Gasteiger partial charge in [-0.3, -0.25) is 0 Å². The molecule has 0 unspecified atom stereocenters.